The van der Waals surface area contributed by atoms with Crippen LogP contribution in [0, 0.1) is 12.7 Å². The smallest absolute Gasteiger partial charge is 0.131 e. The number of rotatable bonds is 5. The first kappa shape index (κ1) is 14.4. The number of nitrogens with zero attached hydrogens (tertiary/aromatic N) is 2. The summed E-state index contributed by atoms with van der Waals surface area (Å²) in [5, 5.41) is 3.23. The minimum Gasteiger partial charge on any atom is -0.497 e. The normalized spacial score (nSPS) is 12.2. The number of aryl methyl sites for hydroxylation is 1. The van der Waals surface area contributed by atoms with E-state index >= 15 is 0 Å². The molecule has 0 saturated heterocycles. The summed E-state index contributed by atoms with van der Waals surface area (Å²) in [6.07, 6.45) is 3.44. The van der Waals surface area contributed by atoms with Crippen molar-refractivity contribution in [3.05, 3.63) is 53.4 Å². The van der Waals surface area contributed by atoms with E-state index in [1.165, 1.54) is 13.2 Å². The zero-order chi connectivity index (χ0) is 14.5. The van der Waals surface area contributed by atoms with Crippen LogP contribution in [0.4, 0.5) is 4.39 Å². The van der Waals surface area contributed by atoms with Crippen molar-refractivity contribution in [2.75, 3.05) is 7.11 Å². The molecule has 1 aromatic heterocycles. The zero-order valence-electron chi connectivity index (χ0n) is 11.9. The predicted octanol–water partition coefficient (Wildman–Crippen LogP) is 2.78. The molecule has 2 rings (SSSR count). The van der Waals surface area contributed by atoms with Crippen LogP contribution in [-0.4, -0.2) is 17.1 Å². The van der Waals surface area contributed by atoms with Gasteiger partial charge in [0.15, 0.2) is 0 Å². The van der Waals surface area contributed by atoms with Gasteiger partial charge >= 0.3 is 0 Å². The third kappa shape index (κ3) is 3.51. The summed E-state index contributed by atoms with van der Waals surface area (Å²) in [6, 6.07) is 4.75. The highest BCUT2D eigenvalue weighted by atomic mass is 19.1. The maximum Gasteiger partial charge on any atom is 0.131 e. The lowest BCUT2D eigenvalue weighted by Gasteiger charge is -2.15. The Morgan fingerprint density at radius 2 is 2.10 bits per heavy atom. The van der Waals surface area contributed by atoms with Crippen molar-refractivity contribution in [1.29, 1.82) is 0 Å². The lowest BCUT2D eigenvalue weighted by molar-refractivity contribution is 0.409. The van der Waals surface area contributed by atoms with E-state index in [2.05, 4.69) is 15.3 Å². The molecule has 0 saturated carbocycles. The highest BCUT2D eigenvalue weighted by Gasteiger charge is 2.11. The van der Waals surface area contributed by atoms with Crippen molar-refractivity contribution in [3.63, 3.8) is 0 Å². The van der Waals surface area contributed by atoms with Gasteiger partial charge in [-0.05, 0) is 19.9 Å². The van der Waals surface area contributed by atoms with Crippen molar-refractivity contribution in [1.82, 2.24) is 15.3 Å². The molecule has 0 aliphatic heterocycles. The van der Waals surface area contributed by atoms with Crippen molar-refractivity contribution in [2.45, 2.75) is 26.4 Å². The molecule has 0 aliphatic carbocycles. The van der Waals surface area contributed by atoms with Gasteiger partial charge in [-0.1, -0.05) is 6.07 Å². The van der Waals surface area contributed by atoms with Gasteiger partial charge in [-0.25, -0.2) is 4.39 Å². The second-order valence-electron chi connectivity index (χ2n) is 4.64. The largest absolute Gasteiger partial charge is 0.497 e. The molecule has 0 fully saturated rings. The van der Waals surface area contributed by atoms with Crippen LogP contribution in [0.5, 0.6) is 5.75 Å². The van der Waals surface area contributed by atoms with Crippen LogP contribution in [0.15, 0.2) is 30.6 Å². The van der Waals surface area contributed by atoms with Crippen LogP contribution in [0.3, 0.4) is 0 Å². The second-order valence-corrected chi connectivity index (χ2v) is 4.64. The maximum absolute atomic E-state index is 13.9. The number of nitrogens with one attached hydrogen (secondary N) is 1. The summed E-state index contributed by atoms with van der Waals surface area (Å²) in [5.41, 5.74) is 2.31. The Bertz CT molecular complexity index is 572. The van der Waals surface area contributed by atoms with Crippen LogP contribution >= 0.6 is 0 Å². The molecule has 4 nitrogen and oxygen atoms in total. The number of hydrogen-bond acceptors (Lipinski definition) is 4. The highest BCUT2D eigenvalue weighted by Crippen LogP contribution is 2.21. The van der Waals surface area contributed by atoms with E-state index in [9.17, 15) is 4.39 Å². The Hall–Kier alpha value is -2.01. The van der Waals surface area contributed by atoms with Crippen molar-refractivity contribution >= 4 is 0 Å². The van der Waals surface area contributed by atoms with Gasteiger partial charge in [0.1, 0.15) is 11.6 Å². The average Bonchev–Trinajstić information content (AvgIpc) is 2.46. The molecule has 20 heavy (non-hydrogen) atoms. The molecule has 0 amide bonds. The molecule has 0 bridgehead atoms. The van der Waals surface area contributed by atoms with Gasteiger partial charge in [0, 0.05) is 36.6 Å². The number of methoxy groups -OCH3 is 1. The van der Waals surface area contributed by atoms with E-state index in [1.54, 1.807) is 24.5 Å². The molecule has 1 unspecified atom stereocenters. The molecule has 2 aromatic rings. The third-order valence-corrected chi connectivity index (χ3v) is 3.10. The maximum atomic E-state index is 13.9. The third-order valence-electron chi connectivity index (χ3n) is 3.10. The van der Waals surface area contributed by atoms with Gasteiger partial charge in [-0.2, -0.15) is 0 Å². The van der Waals surface area contributed by atoms with E-state index < -0.39 is 0 Å². The number of hydrogen-bond donors (Lipinski definition) is 1. The van der Waals surface area contributed by atoms with Crippen LogP contribution in [0.2, 0.25) is 0 Å². The molecular weight excluding hydrogens is 257 g/mol. The van der Waals surface area contributed by atoms with E-state index in [4.69, 9.17) is 4.74 Å². The second kappa shape index (κ2) is 6.43. The van der Waals surface area contributed by atoms with E-state index in [1.807, 2.05) is 13.8 Å². The average molecular weight is 275 g/mol. The minimum absolute atomic E-state index is 0.121. The van der Waals surface area contributed by atoms with E-state index in [0.29, 0.717) is 17.9 Å². The minimum atomic E-state index is -0.278. The first-order valence-corrected chi connectivity index (χ1v) is 6.44. The number of ether oxygens (including phenoxy) is 1. The van der Waals surface area contributed by atoms with Gasteiger partial charge in [0.2, 0.25) is 0 Å². The van der Waals surface area contributed by atoms with Gasteiger partial charge < -0.3 is 10.1 Å². The van der Waals surface area contributed by atoms with Crippen LogP contribution in [-0.2, 0) is 6.54 Å². The molecule has 1 atom stereocenters. The molecule has 106 valence electrons. The molecule has 1 heterocycles. The molecule has 1 aromatic carbocycles. The Labute approximate surface area is 118 Å². The van der Waals surface area contributed by atoms with E-state index in [0.717, 1.165) is 11.4 Å². The fraction of sp³-hybridized carbons (Fsp3) is 0.333. The summed E-state index contributed by atoms with van der Waals surface area (Å²) >= 11 is 0. The van der Waals surface area contributed by atoms with Crippen molar-refractivity contribution < 1.29 is 9.13 Å². The fourth-order valence-corrected chi connectivity index (χ4v) is 1.86. The number of halogens is 1. The summed E-state index contributed by atoms with van der Waals surface area (Å²) < 4.78 is 18.9. The zero-order valence-corrected chi connectivity index (χ0v) is 11.9. The first-order valence-electron chi connectivity index (χ1n) is 6.44. The molecular formula is C15H18FN3O. The summed E-state index contributed by atoms with van der Waals surface area (Å²) in [6.45, 7) is 4.34. The monoisotopic (exact) mass is 275 g/mol. The van der Waals surface area contributed by atoms with Crippen molar-refractivity contribution in [2.24, 2.45) is 0 Å². The number of benzene rings is 1. The molecule has 0 aliphatic rings. The standard InChI is InChI=1S/C15H18FN3O/c1-10-7-19-12(8-17-10)9-18-11(2)14-5-4-13(20-3)6-15(14)16/h4-8,11,18H,9H2,1-3H3. The van der Waals surface area contributed by atoms with Crippen LogP contribution < -0.4 is 10.1 Å². The Morgan fingerprint density at radius 1 is 1.30 bits per heavy atom. The Morgan fingerprint density at radius 3 is 2.70 bits per heavy atom. The SMILES string of the molecule is COc1ccc(C(C)NCc2cnc(C)cn2)c(F)c1. The predicted molar refractivity (Wildman–Crippen MR) is 75.0 cm³/mol. The van der Waals surface area contributed by atoms with Gasteiger partial charge in [0.25, 0.3) is 0 Å². The van der Waals surface area contributed by atoms with Gasteiger partial charge in [-0.15, -0.1) is 0 Å². The summed E-state index contributed by atoms with van der Waals surface area (Å²) in [4.78, 5) is 8.43. The van der Waals surface area contributed by atoms with Gasteiger partial charge in [-0.3, -0.25) is 9.97 Å². The van der Waals surface area contributed by atoms with Crippen LogP contribution in [0.1, 0.15) is 29.9 Å². The fourth-order valence-electron chi connectivity index (χ4n) is 1.86. The van der Waals surface area contributed by atoms with Crippen LogP contribution in [0.25, 0.3) is 0 Å². The number of aromatic nitrogens is 2. The van der Waals surface area contributed by atoms with Gasteiger partial charge in [0.05, 0.1) is 18.5 Å². The highest BCUT2D eigenvalue weighted by molar-refractivity contribution is 5.30. The Balaban J connectivity index is 2.01. The quantitative estimate of drug-likeness (QED) is 0.911. The summed E-state index contributed by atoms with van der Waals surface area (Å²) in [7, 11) is 1.52. The summed E-state index contributed by atoms with van der Waals surface area (Å²) in [5.74, 6) is 0.238. The lowest BCUT2D eigenvalue weighted by Crippen LogP contribution is -2.20. The Kier molecular flexibility index (Phi) is 4.63. The van der Waals surface area contributed by atoms with E-state index in [-0.39, 0.29) is 11.9 Å². The molecule has 1 N–H and O–H groups in total. The molecule has 5 heteroatoms. The first-order chi connectivity index (χ1) is 9.60. The molecule has 0 spiro atoms. The van der Waals surface area contributed by atoms with Crippen molar-refractivity contribution in [3.8, 4) is 5.75 Å². The lowest BCUT2D eigenvalue weighted by atomic mass is 10.1. The topological polar surface area (TPSA) is 47.0 Å². The molecule has 0 radical (unpaired) electrons.